The minimum atomic E-state index is 0.0705. The van der Waals surface area contributed by atoms with Crippen molar-refractivity contribution in [1.82, 2.24) is 0 Å². The van der Waals surface area contributed by atoms with Crippen LogP contribution in [0.5, 0.6) is 5.75 Å². The van der Waals surface area contributed by atoms with Crippen molar-refractivity contribution in [3.8, 4) is 5.75 Å². The lowest BCUT2D eigenvalue weighted by molar-refractivity contribution is -0.108. The third-order valence-electron chi connectivity index (χ3n) is 4.51. The molecule has 0 N–H and O–H groups in total. The maximum Gasteiger partial charge on any atom is 0.159 e. The highest BCUT2D eigenvalue weighted by Gasteiger charge is 2.40. The zero-order valence-corrected chi connectivity index (χ0v) is 12.1. The molecule has 0 radical (unpaired) electrons. The van der Waals surface area contributed by atoms with Crippen molar-refractivity contribution < 1.29 is 14.3 Å². The smallest absolute Gasteiger partial charge is 0.159 e. The summed E-state index contributed by atoms with van der Waals surface area (Å²) in [5, 5.41) is 0. The molecule has 1 atom stereocenters. The molecule has 2 fully saturated rings. The van der Waals surface area contributed by atoms with Gasteiger partial charge < -0.3 is 9.47 Å². The predicted molar refractivity (Wildman–Crippen MR) is 77.2 cm³/mol. The van der Waals surface area contributed by atoms with E-state index in [9.17, 15) is 4.79 Å². The first-order chi connectivity index (χ1) is 9.67. The molecule has 0 aromatic heterocycles. The topological polar surface area (TPSA) is 35.5 Å². The Hall–Kier alpha value is -1.35. The minimum Gasteiger partial charge on any atom is -0.490 e. The van der Waals surface area contributed by atoms with E-state index in [4.69, 9.17) is 9.47 Å². The van der Waals surface area contributed by atoms with Crippen LogP contribution in [0.4, 0.5) is 0 Å². The van der Waals surface area contributed by atoms with Crippen LogP contribution in [-0.2, 0) is 4.74 Å². The van der Waals surface area contributed by atoms with E-state index in [0.717, 1.165) is 25.2 Å². The molecular weight excluding hydrogens is 252 g/mol. The highest BCUT2D eigenvalue weighted by molar-refractivity contribution is 5.94. The lowest BCUT2D eigenvalue weighted by atomic mass is 9.90. The number of carbonyl (C=O) groups is 1. The largest absolute Gasteiger partial charge is 0.490 e. The molecule has 1 aliphatic heterocycles. The highest BCUT2D eigenvalue weighted by atomic mass is 16.5. The first-order valence-electron chi connectivity index (χ1n) is 7.59. The van der Waals surface area contributed by atoms with Gasteiger partial charge >= 0.3 is 0 Å². The van der Waals surface area contributed by atoms with E-state index >= 15 is 0 Å². The second-order valence-corrected chi connectivity index (χ2v) is 6.06. The van der Waals surface area contributed by atoms with E-state index in [-0.39, 0.29) is 17.5 Å². The minimum absolute atomic E-state index is 0.0705. The van der Waals surface area contributed by atoms with Crippen LogP contribution in [0, 0.1) is 0 Å². The van der Waals surface area contributed by atoms with Gasteiger partial charge in [0.25, 0.3) is 0 Å². The number of hydrogen-bond donors (Lipinski definition) is 0. The summed E-state index contributed by atoms with van der Waals surface area (Å²) in [6.07, 6.45) is 7.01. The molecule has 3 nitrogen and oxygen atoms in total. The van der Waals surface area contributed by atoms with Crippen LogP contribution >= 0.6 is 0 Å². The summed E-state index contributed by atoms with van der Waals surface area (Å²) >= 11 is 0. The average Bonchev–Trinajstić information content (AvgIpc) is 2.87. The predicted octanol–water partition coefficient (Wildman–Crippen LogP) is 3.76. The lowest BCUT2D eigenvalue weighted by Crippen LogP contribution is -2.41. The quantitative estimate of drug-likeness (QED) is 0.787. The number of hydrogen-bond acceptors (Lipinski definition) is 3. The molecule has 2 aliphatic rings. The Labute approximate surface area is 120 Å². The summed E-state index contributed by atoms with van der Waals surface area (Å²) in [7, 11) is 0. The van der Waals surface area contributed by atoms with Crippen molar-refractivity contribution in [3.63, 3.8) is 0 Å². The van der Waals surface area contributed by atoms with Crippen LogP contribution in [0.25, 0.3) is 0 Å². The molecule has 0 amide bonds. The summed E-state index contributed by atoms with van der Waals surface area (Å²) in [5.41, 5.74) is 0.784. The lowest BCUT2D eigenvalue weighted by Gasteiger charge is -2.38. The molecule has 3 rings (SSSR count). The van der Waals surface area contributed by atoms with Crippen LogP contribution in [0.15, 0.2) is 24.3 Å². The van der Waals surface area contributed by atoms with E-state index in [1.165, 1.54) is 25.7 Å². The fourth-order valence-corrected chi connectivity index (χ4v) is 3.43. The molecule has 1 aliphatic carbocycles. The third-order valence-corrected chi connectivity index (χ3v) is 4.51. The van der Waals surface area contributed by atoms with Gasteiger partial charge in [-0.15, -0.1) is 0 Å². The maximum atomic E-state index is 11.4. The summed E-state index contributed by atoms with van der Waals surface area (Å²) in [6.45, 7) is 2.37. The number of ketones is 1. The van der Waals surface area contributed by atoms with E-state index in [1.807, 2.05) is 24.3 Å². The maximum absolute atomic E-state index is 11.4. The first-order valence-corrected chi connectivity index (χ1v) is 7.59. The number of benzene rings is 1. The van der Waals surface area contributed by atoms with Crippen molar-refractivity contribution in [1.29, 1.82) is 0 Å². The van der Waals surface area contributed by atoms with Crippen LogP contribution in [0.3, 0.4) is 0 Å². The molecular formula is C17H22O3. The van der Waals surface area contributed by atoms with Crippen molar-refractivity contribution >= 4 is 5.78 Å². The van der Waals surface area contributed by atoms with Crippen LogP contribution < -0.4 is 4.74 Å². The van der Waals surface area contributed by atoms with Gasteiger partial charge in [-0.25, -0.2) is 0 Å². The Morgan fingerprint density at radius 1 is 1.35 bits per heavy atom. The molecule has 1 heterocycles. The molecule has 1 saturated carbocycles. The third kappa shape index (κ3) is 2.88. The monoisotopic (exact) mass is 274 g/mol. The Bertz CT molecular complexity index is 489. The van der Waals surface area contributed by atoms with Gasteiger partial charge in [-0.3, -0.25) is 4.79 Å². The Balaban J connectivity index is 1.68. The highest BCUT2D eigenvalue weighted by Crippen LogP contribution is 2.40. The Morgan fingerprint density at radius 2 is 2.15 bits per heavy atom. The van der Waals surface area contributed by atoms with Crippen LogP contribution in [0.2, 0.25) is 0 Å². The summed E-state index contributed by atoms with van der Waals surface area (Å²) < 4.78 is 12.1. The number of Topliss-reactive ketones (excluding diaryl/α,β-unsaturated/α-hetero) is 1. The van der Waals surface area contributed by atoms with Crippen molar-refractivity contribution in [2.45, 2.75) is 57.2 Å². The van der Waals surface area contributed by atoms with Gasteiger partial charge in [0.05, 0.1) is 12.2 Å². The second kappa shape index (κ2) is 5.57. The van der Waals surface area contributed by atoms with Crippen molar-refractivity contribution in [3.05, 3.63) is 29.8 Å². The number of rotatable bonds is 3. The van der Waals surface area contributed by atoms with Gasteiger partial charge in [0, 0.05) is 18.4 Å². The number of ether oxygens (including phenoxy) is 2. The van der Waals surface area contributed by atoms with Gasteiger partial charge in [0.15, 0.2) is 5.78 Å². The average molecular weight is 274 g/mol. The summed E-state index contributed by atoms with van der Waals surface area (Å²) in [6, 6.07) is 7.50. The van der Waals surface area contributed by atoms with Gasteiger partial charge in [-0.1, -0.05) is 25.0 Å². The Morgan fingerprint density at radius 3 is 2.90 bits per heavy atom. The van der Waals surface area contributed by atoms with E-state index < -0.39 is 0 Å². The Kier molecular flexibility index (Phi) is 3.79. The summed E-state index contributed by atoms with van der Waals surface area (Å²) in [5.74, 6) is 0.882. The molecule has 108 valence electrons. The van der Waals surface area contributed by atoms with Crippen molar-refractivity contribution in [2.75, 3.05) is 6.61 Å². The summed E-state index contributed by atoms with van der Waals surface area (Å²) in [4.78, 5) is 11.4. The second-order valence-electron chi connectivity index (χ2n) is 6.06. The molecule has 1 aromatic carbocycles. The zero-order chi connectivity index (χ0) is 14.0. The standard InChI is InChI=1S/C17H22O3/c1-13(18)14-5-4-6-15(11-14)20-16-7-10-19-17(12-16)8-2-3-9-17/h4-6,11,16H,2-3,7-10,12H2,1H3. The van der Waals surface area contributed by atoms with Crippen LogP contribution in [0.1, 0.15) is 55.8 Å². The van der Waals surface area contributed by atoms with Gasteiger partial charge in [0.1, 0.15) is 11.9 Å². The molecule has 20 heavy (non-hydrogen) atoms. The zero-order valence-electron chi connectivity index (χ0n) is 12.1. The fraction of sp³-hybridized carbons (Fsp3) is 0.588. The fourth-order valence-electron chi connectivity index (χ4n) is 3.43. The van der Waals surface area contributed by atoms with Crippen LogP contribution in [-0.4, -0.2) is 24.1 Å². The van der Waals surface area contributed by atoms with Gasteiger partial charge in [-0.2, -0.15) is 0 Å². The SMILES string of the molecule is CC(=O)c1cccc(OC2CCOC3(CCCC3)C2)c1. The molecule has 1 aromatic rings. The normalized spacial score (nSPS) is 24.8. The first kappa shape index (κ1) is 13.6. The molecule has 1 saturated heterocycles. The van der Waals surface area contributed by atoms with Crippen molar-refractivity contribution in [2.24, 2.45) is 0 Å². The number of carbonyl (C=O) groups excluding carboxylic acids is 1. The van der Waals surface area contributed by atoms with Gasteiger partial charge in [-0.05, 0) is 31.9 Å². The molecule has 3 heteroatoms. The molecule has 0 bridgehead atoms. The van der Waals surface area contributed by atoms with E-state index in [0.29, 0.717) is 5.56 Å². The molecule has 1 spiro atoms. The van der Waals surface area contributed by atoms with Gasteiger partial charge in [0.2, 0.25) is 0 Å². The van der Waals surface area contributed by atoms with E-state index in [2.05, 4.69) is 0 Å². The van der Waals surface area contributed by atoms with E-state index in [1.54, 1.807) is 6.92 Å². The molecule has 1 unspecified atom stereocenters.